The summed E-state index contributed by atoms with van der Waals surface area (Å²) < 4.78 is 13.4. The first kappa shape index (κ1) is 29.8. The third kappa shape index (κ3) is 6.22. The lowest BCUT2D eigenvalue weighted by Crippen LogP contribution is -2.40. The minimum absolute atomic E-state index is 0.173. The van der Waals surface area contributed by atoms with Gasteiger partial charge in [0.25, 0.3) is 5.56 Å². The number of ether oxygens (including phenoxy) is 2. The van der Waals surface area contributed by atoms with Crippen molar-refractivity contribution in [2.75, 3.05) is 6.61 Å². The number of benzene rings is 4. The first-order valence-electron chi connectivity index (χ1n) is 14.2. The van der Waals surface area contributed by atoms with Gasteiger partial charge in [0.15, 0.2) is 4.80 Å². The van der Waals surface area contributed by atoms with Crippen LogP contribution < -0.4 is 19.6 Å². The number of hydrogen-bond donors (Lipinski definition) is 0. The van der Waals surface area contributed by atoms with Crippen LogP contribution in [-0.4, -0.2) is 17.1 Å². The van der Waals surface area contributed by atoms with Crippen LogP contribution in [0.5, 0.6) is 5.75 Å². The molecule has 0 amide bonds. The number of rotatable bonds is 8. The van der Waals surface area contributed by atoms with Gasteiger partial charge < -0.3 is 9.47 Å². The molecular weight excluding hydrogens is 606 g/mol. The highest BCUT2D eigenvalue weighted by atomic mass is 35.5. The van der Waals surface area contributed by atoms with Gasteiger partial charge >= 0.3 is 5.97 Å². The molecule has 1 aliphatic rings. The Morgan fingerprint density at radius 2 is 1.71 bits per heavy atom. The number of carbonyl (C=O) groups is 1. The lowest BCUT2D eigenvalue weighted by molar-refractivity contribution is -0.138. The Morgan fingerprint density at radius 3 is 2.42 bits per heavy atom. The molecule has 1 aliphatic heterocycles. The Labute approximate surface area is 268 Å². The van der Waals surface area contributed by atoms with E-state index < -0.39 is 12.0 Å². The van der Waals surface area contributed by atoms with Crippen LogP contribution in [-0.2, 0) is 16.1 Å². The molecule has 4 aromatic carbocycles. The van der Waals surface area contributed by atoms with E-state index in [9.17, 15) is 14.9 Å². The molecule has 45 heavy (non-hydrogen) atoms. The second-order valence-corrected chi connectivity index (χ2v) is 11.6. The predicted molar refractivity (Wildman–Crippen MR) is 174 cm³/mol. The number of thiazole rings is 1. The van der Waals surface area contributed by atoms with Crippen LogP contribution in [0.25, 0.3) is 11.8 Å². The van der Waals surface area contributed by atoms with Crippen LogP contribution in [0.4, 0.5) is 0 Å². The summed E-state index contributed by atoms with van der Waals surface area (Å²) in [6, 6.07) is 32.6. The molecule has 0 radical (unpaired) electrons. The summed E-state index contributed by atoms with van der Waals surface area (Å²) in [5.41, 5.74) is 4.08. The van der Waals surface area contributed by atoms with Crippen molar-refractivity contribution in [3.05, 3.63) is 161 Å². The second-order valence-electron chi connectivity index (χ2n) is 10.1. The third-order valence-corrected chi connectivity index (χ3v) is 8.50. The summed E-state index contributed by atoms with van der Waals surface area (Å²) in [6.07, 6.45) is 1.80. The number of nitriles is 1. The van der Waals surface area contributed by atoms with Gasteiger partial charge in [-0.2, -0.15) is 5.26 Å². The third-order valence-electron chi connectivity index (χ3n) is 7.27. The molecule has 0 saturated heterocycles. The standard InChI is InChI=1S/C36H26ClN3O4S/c1-2-43-35(42)31-32(24-8-4-3-5-9-24)39-36-40(33(31)25-14-16-28(37)17-15-25)34(41)30(45-36)20-23-12-18-29(19-13-23)44-22-27-11-7-6-10-26(27)21-38/h3-20,33H,2,22H2,1H3/b30-20-/t33-/m0/s1. The van der Waals surface area contributed by atoms with Crippen molar-refractivity contribution in [1.29, 1.82) is 5.26 Å². The monoisotopic (exact) mass is 631 g/mol. The van der Waals surface area contributed by atoms with E-state index in [1.807, 2.05) is 84.9 Å². The van der Waals surface area contributed by atoms with Crippen molar-refractivity contribution < 1.29 is 14.3 Å². The molecule has 0 N–H and O–H groups in total. The molecule has 222 valence electrons. The fourth-order valence-corrected chi connectivity index (χ4v) is 6.26. The van der Waals surface area contributed by atoms with Crippen LogP contribution in [0.3, 0.4) is 0 Å². The van der Waals surface area contributed by atoms with E-state index in [1.54, 1.807) is 35.8 Å². The number of carbonyl (C=O) groups excluding carboxylic acids is 1. The Bertz CT molecular complexity index is 2130. The fraction of sp³-hybridized carbons (Fsp3) is 0.111. The van der Waals surface area contributed by atoms with Crippen molar-refractivity contribution in [2.24, 2.45) is 4.99 Å². The van der Waals surface area contributed by atoms with E-state index in [-0.39, 0.29) is 24.3 Å². The molecule has 5 aromatic rings. The summed E-state index contributed by atoms with van der Waals surface area (Å²) in [7, 11) is 0. The maximum atomic E-state index is 14.1. The molecule has 0 fully saturated rings. The molecule has 0 unspecified atom stereocenters. The van der Waals surface area contributed by atoms with E-state index in [4.69, 9.17) is 26.1 Å². The van der Waals surface area contributed by atoms with Gasteiger partial charge in [-0.15, -0.1) is 0 Å². The van der Waals surface area contributed by atoms with Gasteiger partial charge in [0.2, 0.25) is 0 Å². The summed E-state index contributed by atoms with van der Waals surface area (Å²) in [5, 5.41) is 9.87. The number of aromatic nitrogens is 1. The quantitative estimate of drug-likeness (QED) is 0.195. The highest BCUT2D eigenvalue weighted by Crippen LogP contribution is 2.35. The van der Waals surface area contributed by atoms with Gasteiger partial charge in [0.1, 0.15) is 12.4 Å². The largest absolute Gasteiger partial charge is 0.489 e. The normalized spacial score (nSPS) is 14.3. The lowest BCUT2D eigenvalue weighted by Gasteiger charge is -2.25. The SMILES string of the molecule is CCOC(=O)C1=C(c2ccccc2)N=c2s/c(=C\c3ccc(OCc4ccccc4C#N)cc3)c(=O)n2[C@H]1c1ccc(Cl)cc1. The zero-order chi connectivity index (χ0) is 31.3. The number of fused-ring (bicyclic) bond motifs is 1. The van der Waals surface area contributed by atoms with Gasteiger partial charge in [0, 0.05) is 16.1 Å². The minimum Gasteiger partial charge on any atom is -0.489 e. The molecular formula is C36H26ClN3O4S. The number of nitrogens with zero attached hydrogens (tertiary/aromatic N) is 3. The molecule has 9 heteroatoms. The molecule has 0 saturated carbocycles. The van der Waals surface area contributed by atoms with E-state index in [0.717, 1.165) is 16.7 Å². The molecule has 0 spiro atoms. The molecule has 0 bridgehead atoms. The Balaban J connectivity index is 1.42. The zero-order valence-corrected chi connectivity index (χ0v) is 25.7. The molecule has 2 heterocycles. The molecule has 7 nitrogen and oxygen atoms in total. The minimum atomic E-state index is -0.776. The van der Waals surface area contributed by atoms with Crippen LogP contribution in [0.2, 0.25) is 5.02 Å². The number of halogens is 1. The van der Waals surface area contributed by atoms with Crippen LogP contribution in [0.1, 0.15) is 40.8 Å². The summed E-state index contributed by atoms with van der Waals surface area (Å²) in [4.78, 5) is 32.9. The topological polar surface area (TPSA) is 93.7 Å². The molecule has 1 atom stereocenters. The van der Waals surface area contributed by atoms with Crippen molar-refractivity contribution in [2.45, 2.75) is 19.6 Å². The van der Waals surface area contributed by atoms with Gasteiger partial charge in [0.05, 0.1) is 40.1 Å². The van der Waals surface area contributed by atoms with E-state index in [1.165, 1.54) is 11.3 Å². The lowest BCUT2D eigenvalue weighted by atomic mass is 9.93. The summed E-state index contributed by atoms with van der Waals surface area (Å²) in [6.45, 7) is 2.18. The summed E-state index contributed by atoms with van der Waals surface area (Å²) >= 11 is 7.46. The Kier molecular flexibility index (Phi) is 8.74. The van der Waals surface area contributed by atoms with Crippen molar-refractivity contribution in [3.63, 3.8) is 0 Å². The average molecular weight is 632 g/mol. The van der Waals surface area contributed by atoms with E-state index >= 15 is 0 Å². The van der Waals surface area contributed by atoms with Crippen LogP contribution in [0.15, 0.2) is 118 Å². The van der Waals surface area contributed by atoms with Gasteiger partial charge in [-0.3, -0.25) is 9.36 Å². The fourth-order valence-electron chi connectivity index (χ4n) is 5.13. The van der Waals surface area contributed by atoms with Crippen molar-refractivity contribution >= 4 is 40.7 Å². The number of hydrogen-bond acceptors (Lipinski definition) is 7. The highest BCUT2D eigenvalue weighted by Gasteiger charge is 2.35. The van der Waals surface area contributed by atoms with Crippen molar-refractivity contribution in [1.82, 2.24) is 4.57 Å². The van der Waals surface area contributed by atoms with Gasteiger partial charge in [-0.05, 0) is 54.5 Å². The van der Waals surface area contributed by atoms with Gasteiger partial charge in [-0.25, -0.2) is 9.79 Å². The Morgan fingerprint density at radius 1 is 1.00 bits per heavy atom. The first-order valence-corrected chi connectivity index (χ1v) is 15.4. The first-order chi connectivity index (χ1) is 22.0. The zero-order valence-electron chi connectivity index (χ0n) is 24.1. The highest BCUT2D eigenvalue weighted by molar-refractivity contribution is 7.07. The van der Waals surface area contributed by atoms with E-state index in [2.05, 4.69) is 6.07 Å². The van der Waals surface area contributed by atoms with Crippen LogP contribution in [0, 0.1) is 11.3 Å². The maximum absolute atomic E-state index is 14.1. The van der Waals surface area contributed by atoms with Gasteiger partial charge in [-0.1, -0.05) is 95.7 Å². The summed E-state index contributed by atoms with van der Waals surface area (Å²) in [5.74, 6) is 0.0954. The molecule has 0 aliphatic carbocycles. The second kappa shape index (κ2) is 13.2. The number of esters is 1. The molecule has 6 rings (SSSR count). The Hall–Kier alpha value is -5.23. The molecule has 1 aromatic heterocycles. The van der Waals surface area contributed by atoms with E-state index in [0.29, 0.717) is 36.9 Å². The van der Waals surface area contributed by atoms with Crippen LogP contribution >= 0.6 is 22.9 Å². The smallest absolute Gasteiger partial charge is 0.338 e. The maximum Gasteiger partial charge on any atom is 0.338 e. The average Bonchev–Trinajstić information content (AvgIpc) is 3.38. The predicted octanol–water partition coefficient (Wildman–Crippen LogP) is 6.04. The van der Waals surface area contributed by atoms with Crippen molar-refractivity contribution in [3.8, 4) is 11.8 Å².